The minimum Gasteiger partial charge on any atom is -0.408 e. The van der Waals surface area contributed by atoms with Gasteiger partial charge in [0.05, 0.1) is 10.4 Å². The standard InChI is InChI=1S/C14H20N2O4S/c1-4-8-16(9-5-2)21(18,19)11-6-7-13-12(10-11)15(3)14(17)20-13/h6-7,10H,4-5,8-9H2,1-3H3. The number of sulfonamides is 1. The second-order valence-corrected chi connectivity index (χ2v) is 6.90. The Bertz CT molecular complexity index is 783. The van der Waals surface area contributed by atoms with Gasteiger partial charge in [-0.3, -0.25) is 4.57 Å². The Kier molecular flexibility index (Phi) is 4.53. The number of rotatable bonds is 6. The maximum atomic E-state index is 12.7. The molecule has 0 aliphatic carbocycles. The molecule has 1 aromatic carbocycles. The third kappa shape index (κ3) is 2.89. The predicted molar refractivity (Wildman–Crippen MR) is 80.8 cm³/mol. The molecule has 0 saturated carbocycles. The first-order chi connectivity index (χ1) is 9.91. The van der Waals surface area contributed by atoms with Gasteiger partial charge in [-0.1, -0.05) is 13.8 Å². The van der Waals surface area contributed by atoms with Crippen molar-refractivity contribution in [1.29, 1.82) is 0 Å². The van der Waals surface area contributed by atoms with Crippen LogP contribution in [0.3, 0.4) is 0 Å². The molecule has 0 spiro atoms. The summed E-state index contributed by atoms with van der Waals surface area (Å²) in [7, 11) is -1.99. The van der Waals surface area contributed by atoms with Crippen LogP contribution >= 0.6 is 0 Å². The molecule has 0 saturated heterocycles. The molecule has 7 heteroatoms. The average Bonchev–Trinajstić information content (AvgIpc) is 2.73. The first-order valence-electron chi connectivity index (χ1n) is 7.01. The lowest BCUT2D eigenvalue weighted by Crippen LogP contribution is -2.32. The van der Waals surface area contributed by atoms with Gasteiger partial charge in [-0.05, 0) is 31.0 Å². The van der Waals surface area contributed by atoms with Gasteiger partial charge in [0.15, 0.2) is 5.58 Å². The van der Waals surface area contributed by atoms with Gasteiger partial charge in [0.1, 0.15) is 0 Å². The average molecular weight is 312 g/mol. The summed E-state index contributed by atoms with van der Waals surface area (Å²) in [6, 6.07) is 4.51. The van der Waals surface area contributed by atoms with Gasteiger partial charge < -0.3 is 4.42 Å². The van der Waals surface area contributed by atoms with Crippen LogP contribution in [-0.4, -0.2) is 30.4 Å². The Morgan fingerprint density at radius 1 is 1.19 bits per heavy atom. The third-order valence-electron chi connectivity index (χ3n) is 3.35. The van der Waals surface area contributed by atoms with Crippen molar-refractivity contribution >= 4 is 21.1 Å². The predicted octanol–water partition coefficient (Wildman–Crippen LogP) is 1.94. The van der Waals surface area contributed by atoms with Crippen molar-refractivity contribution in [2.75, 3.05) is 13.1 Å². The Balaban J connectivity index is 2.53. The minimum atomic E-state index is -3.55. The molecule has 0 unspecified atom stereocenters. The molecule has 6 nitrogen and oxygen atoms in total. The quantitative estimate of drug-likeness (QED) is 0.817. The number of oxazole rings is 1. The topological polar surface area (TPSA) is 72.5 Å². The van der Waals surface area contributed by atoms with E-state index in [4.69, 9.17) is 4.42 Å². The summed E-state index contributed by atoms with van der Waals surface area (Å²) in [6.45, 7) is 4.86. The van der Waals surface area contributed by atoms with E-state index < -0.39 is 15.8 Å². The van der Waals surface area contributed by atoms with E-state index in [0.717, 1.165) is 12.8 Å². The highest BCUT2D eigenvalue weighted by Gasteiger charge is 2.24. The van der Waals surface area contributed by atoms with E-state index in [1.807, 2.05) is 13.8 Å². The van der Waals surface area contributed by atoms with Crippen LogP contribution in [0, 0.1) is 0 Å². The molecule has 0 aliphatic heterocycles. The molecule has 1 aromatic heterocycles. The zero-order chi connectivity index (χ0) is 15.6. The number of hydrogen-bond donors (Lipinski definition) is 0. The lowest BCUT2D eigenvalue weighted by Gasteiger charge is -2.20. The van der Waals surface area contributed by atoms with Gasteiger partial charge >= 0.3 is 5.76 Å². The van der Waals surface area contributed by atoms with Crippen LogP contribution in [0.25, 0.3) is 11.1 Å². The first kappa shape index (κ1) is 15.8. The summed E-state index contributed by atoms with van der Waals surface area (Å²) in [4.78, 5) is 11.7. The smallest absolute Gasteiger partial charge is 0.408 e. The normalized spacial score (nSPS) is 12.4. The first-order valence-corrected chi connectivity index (χ1v) is 8.45. The SMILES string of the molecule is CCCN(CCC)S(=O)(=O)c1ccc2oc(=O)n(C)c2c1. The van der Waals surface area contributed by atoms with Crippen LogP contribution in [0.1, 0.15) is 26.7 Å². The largest absolute Gasteiger partial charge is 0.419 e. The summed E-state index contributed by atoms with van der Waals surface area (Å²) in [5.41, 5.74) is 0.869. The molecule has 0 bridgehead atoms. The van der Waals surface area contributed by atoms with Crippen LogP contribution in [0.15, 0.2) is 32.3 Å². The van der Waals surface area contributed by atoms with Gasteiger partial charge in [0.2, 0.25) is 10.0 Å². The molecule has 0 N–H and O–H groups in total. The lowest BCUT2D eigenvalue weighted by molar-refractivity contribution is 0.410. The molecule has 0 amide bonds. The molecule has 1 heterocycles. The number of hydrogen-bond acceptors (Lipinski definition) is 4. The van der Waals surface area contributed by atoms with Crippen LogP contribution in [0.4, 0.5) is 0 Å². The molecule has 21 heavy (non-hydrogen) atoms. The highest BCUT2D eigenvalue weighted by atomic mass is 32.2. The summed E-state index contributed by atoms with van der Waals surface area (Å²) in [6.07, 6.45) is 1.51. The molecule has 2 rings (SSSR count). The second-order valence-electron chi connectivity index (χ2n) is 4.96. The molecule has 0 atom stereocenters. The molecular weight excluding hydrogens is 292 g/mol. The highest BCUT2D eigenvalue weighted by molar-refractivity contribution is 7.89. The van der Waals surface area contributed by atoms with E-state index >= 15 is 0 Å². The summed E-state index contributed by atoms with van der Waals surface area (Å²) in [5, 5.41) is 0. The molecule has 0 aliphatic rings. The maximum Gasteiger partial charge on any atom is 0.419 e. The summed E-state index contributed by atoms with van der Waals surface area (Å²) < 4.78 is 33.2. The minimum absolute atomic E-state index is 0.188. The van der Waals surface area contributed by atoms with Crippen molar-refractivity contribution in [3.63, 3.8) is 0 Å². The van der Waals surface area contributed by atoms with E-state index in [-0.39, 0.29) is 4.90 Å². The van der Waals surface area contributed by atoms with Gasteiger partial charge in [-0.25, -0.2) is 13.2 Å². The summed E-state index contributed by atoms with van der Waals surface area (Å²) in [5.74, 6) is -0.501. The van der Waals surface area contributed by atoms with Crippen molar-refractivity contribution in [2.24, 2.45) is 7.05 Å². The number of aryl methyl sites for hydroxylation is 1. The fourth-order valence-corrected chi connectivity index (χ4v) is 3.91. The second kappa shape index (κ2) is 6.03. The zero-order valence-corrected chi connectivity index (χ0v) is 13.3. The van der Waals surface area contributed by atoms with E-state index in [2.05, 4.69) is 0 Å². The molecular formula is C14H20N2O4S. The van der Waals surface area contributed by atoms with Crippen molar-refractivity contribution < 1.29 is 12.8 Å². The Labute approximate surface area is 124 Å². The number of benzene rings is 1. The van der Waals surface area contributed by atoms with Gasteiger partial charge in [-0.2, -0.15) is 4.31 Å². The Morgan fingerprint density at radius 2 is 1.81 bits per heavy atom. The fraction of sp³-hybridized carbons (Fsp3) is 0.500. The van der Waals surface area contributed by atoms with Crippen molar-refractivity contribution in [3.05, 3.63) is 28.7 Å². The van der Waals surface area contributed by atoms with E-state index in [0.29, 0.717) is 24.2 Å². The fourth-order valence-electron chi connectivity index (χ4n) is 2.27. The monoisotopic (exact) mass is 312 g/mol. The maximum absolute atomic E-state index is 12.7. The number of nitrogens with zero attached hydrogens (tertiary/aromatic N) is 2. The van der Waals surface area contributed by atoms with Crippen molar-refractivity contribution in [1.82, 2.24) is 8.87 Å². The Hall–Kier alpha value is -1.60. The Morgan fingerprint density at radius 3 is 2.38 bits per heavy atom. The van der Waals surface area contributed by atoms with Crippen LogP contribution in [0.2, 0.25) is 0 Å². The highest BCUT2D eigenvalue weighted by Crippen LogP contribution is 2.21. The van der Waals surface area contributed by atoms with Crippen LogP contribution in [-0.2, 0) is 17.1 Å². The molecule has 0 fully saturated rings. The number of aromatic nitrogens is 1. The van der Waals surface area contributed by atoms with Gasteiger partial charge in [0.25, 0.3) is 0 Å². The number of fused-ring (bicyclic) bond motifs is 1. The summed E-state index contributed by atoms with van der Waals surface area (Å²) >= 11 is 0. The van der Waals surface area contributed by atoms with E-state index in [1.54, 1.807) is 7.05 Å². The van der Waals surface area contributed by atoms with Gasteiger partial charge in [-0.15, -0.1) is 0 Å². The zero-order valence-electron chi connectivity index (χ0n) is 12.5. The van der Waals surface area contributed by atoms with Crippen LogP contribution in [0.5, 0.6) is 0 Å². The molecule has 0 radical (unpaired) electrons. The van der Waals surface area contributed by atoms with E-state index in [9.17, 15) is 13.2 Å². The molecule has 116 valence electrons. The lowest BCUT2D eigenvalue weighted by atomic mass is 10.3. The van der Waals surface area contributed by atoms with Crippen molar-refractivity contribution in [2.45, 2.75) is 31.6 Å². The third-order valence-corrected chi connectivity index (χ3v) is 5.24. The van der Waals surface area contributed by atoms with Crippen molar-refractivity contribution in [3.8, 4) is 0 Å². The van der Waals surface area contributed by atoms with Gasteiger partial charge in [0, 0.05) is 20.1 Å². The van der Waals surface area contributed by atoms with E-state index in [1.165, 1.54) is 27.1 Å². The molecule has 2 aromatic rings. The van der Waals surface area contributed by atoms with Crippen LogP contribution < -0.4 is 5.76 Å².